The Labute approximate surface area is 73.5 Å². The molecule has 1 saturated carbocycles. The number of nitrogens with two attached hydrogens (primary N) is 1. The summed E-state index contributed by atoms with van der Waals surface area (Å²) in [6.07, 6.45) is 3.59. The average molecular weight is 170 g/mol. The summed E-state index contributed by atoms with van der Waals surface area (Å²) in [7, 11) is 0. The lowest BCUT2D eigenvalue weighted by Gasteiger charge is -2.22. The van der Waals surface area contributed by atoms with E-state index < -0.39 is 0 Å². The Hall–Kier alpha value is -0.120. The summed E-state index contributed by atoms with van der Waals surface area (Å²) in [5, 5.41) is 9.11. The van der Waals surface area contributed by atoms with E-state index in [-0.39, 0.29) is 12.1 Å². The molecule has 0 aromatic rings. The van der Waals surface area contributed by atoms with E-state index in [4.69, 9.17) is 10.8 Å². The fraction of sp³-hybridized carbons (Fsp3) is 1.00. The van der Waals surface area contributed by atoms with Crippen LogP contribution >= 0.6 is 0 Å². The summed E-state index contributed by atoms with van der Waals surface area (Å²) in [6, 6.07) is 1.34. The Balaban J connectivity index is 2.00. The first-order chi connectivity index (χ1) is 5.64. The molecule has 2 atom stereocenters. The summed E-state index contributed by atoms with van der Waals surface area (Å²) in [5.74, 6) is 0. The van der Waals surface area contributed by atoms with Gasteiger partial charge in [-0.2, -0.15) is 0 Å². The highest BCUT2D eigenvalue weighted by molar-refractivity contribution is 5.02. The highest BCUT2D eigenvalue weighted by Crippen LogP contribution is 2.35. The zero-order chi connectivity index (χ0) is 8.77. The topological polar surface area (TPSA) is 49.5 Å². The molecule has 3 nitrogen and oxygen atoms in total. The molecule has 3 heteroatoms. The molecule has 0 bridgehead atoms. The van der Waals surface area contributed by atoms with Gasteiger partial charge in [0, 0.05) is 18.6 Å². The zero-order valence-corrected chi connectivity index (χ0v) is 7.66. The predicted octanol–water partition coefficient (Wildman–Crippen LogP) is -0.0672. The van der Waals surface area contributed by atoms with E-state index in [1.807, 2.05) is 0 Å². The fourth-order valence-electron chi connectivity index (χ4n) is 2.30. The highest BCUT2D eigenvalue weighted by atomic mass is 16.3. The molecule has 1 aliphatic carbocycles. The SMILES string of the molecule is CC1CC(N)(CO)CN1C1CC1. The van der Waals surface area contributed by atoms with Crippen LogP contribution in [0.3, 0.4) is 0 Å². The molecule has 1 saturated heterocycles. The smallest absolute Gasteiger partial charge is 0.0624 e. The number of hydrogen-bond donors (Lipinski definition) is 2. The summed E-state index contributed by atoms with van der Waals surface area (Å²) in [6.45, 7) is 3.22. The molecule has 0 radical (unpaired) electrons. The summed E-state index contributed by atoms with van der Waals surface area (Å²) < 4.78 is 0. The number of likely N-dealkylation sites (tertiary alicyclic amines) is 1. The van der Waals surface area contributed by atoms with E-state index >= 15 is 0 Å². The largest absolute Gasteiger partial charge is 0.394 e. The lowest BCUT2D eigenvalue weighted by atomic mass is 9.99. The predicted molar refractivity (Wildman–Crippen MR) is 47.8 cm³/mol. The molecule has 70 valence electrons. The molecule has 0 amide bonds. The van der Waals surface area contributed by atoms with Crippen LogP contribution in [0.1, 0.15) is 26.2 Å². The van der Waals surface area contributed by atoms with Crippen LogP contribution < -0.4 is 5.73 Å². The fourth-order valence-corrected chi connectivity index (χ4v) is 2.30. The molecule has 2 unspecified atom stereocenters. The Kier molecular flexibility index (Phi) is 1.90. The van der Waals surface area contributed by atoms with Crippen molar-refractivity contribution in [1.82, 2.24) is 4.90 Å². The normalized spacial score (nSPS) is 43.8. The first-order valence-electron chi connectivity index (χ1n) is 4.80. The van der Waals surface area contributed by atoms with Crippen LogP contribution in [0.15, 0.2) is 0 Å². The standard InChI is InChI=1S/C9H18N2O/c1-7-4-9(10,6-12)5-11(7)8-2-3-8/h7-8,12H,2-6,10H2,1H3. The van der Waals surface area contributed by atoms with Crippen LogP contribution in [0, 0.1) is 0 Å². The maximum atomic E-state index is 9.11. The molecule has 2 fully saturated rings. The first-order valence-corrected chi connectivity index (χ1v) is 4.80. The van der Waals surface area contributed by atoms with Crippen LogP contribution in [-0.2, 0) is 0 Å². The van der Waals surface area contributed by atoms with Crippen molar-refractivity contribution in [2.24, 2.45) is 5.73 Å². The van der Waals surface area contributed by atoms with Gasteiger partial charge in [0.05, 0.1) is 12.1 Å². The maximum Gasteiger partial charge on any atom is 0.0624 e. The molecule has 0 aromatic carbocycles. The molecule has 0 aromatic heterocycles. The van der Waals surface area contributed by atoms with Gasteiger partial charge in [-0.1, -0.05) is 0 Å². The van der Waals surface area contributed by atoms with Gasteiger partial charge in [0.15, 0.2) is 0 Å². The highest BCUT2D eigenvalue weighted by Gasteiger charge is 2.44. The van der Waals surface area contributed by atoms with Crippen LogP contribution in [0.4, 0.5) is 0 Å². The second-order valence-electron chi connectivity index (χ2n) is 4.48. The van der Waals surface area contributed by atoms with Crippen LogP contribution in [0.2, 0.25) is 0 Å². The second-order valence-corrected chi connectivity index (χ2v) is 4.48. The number of nitrogens with zero attached hydrogens (tertiary/aromatic N) is 1. The van der Waals surface area contributed by atoms with E-state index in [0.29, 0.717) is 6.04 Å². The maximum absolute atomic E-state index is 9.11. The minimum atomic E-state index is -0.317. The van der Waals surface area contributed by atoms with Crippen molar-refractivity contribution in [2.75, 3.05) is 13.2 Å². The van der Waals surface area contributed by atoms with Gasteiger partial charge in [-0.05, 0) is 26.2 Å². The van der Waals surface area contributed by atoms with Crippen LogP contribution in [0.25, 0.3) is 0 Å². The minimum Gasteiger partial charge on any atom is -0.394 e. The monoisotopic (exact) mass is 170 g/mol. The lowest BCUT2D eigenvalue weighted by molar-refractivity contribution is 0.189. The molecule has 3 N–H and O–H groups in total. The van der Waals surface area contributed by atoms with Gasteiger partial charge in [0.2, 0.25) is 0 Å². The third kappa shape index (κ3) is 1.37. The van der Waals surface area contributed by atoms with Crippen molar-refractivity contribution in [3.63, 3.8) is 0 Å². The molecule has 1 heterocycles. The molecule has 0 spiro atoms. The third-order valence-electron chi connectivity index (χ3n) is 3.10. The number of aliphatic hydroxyl groups excluding tert-OH is 1. The molecule has 1 aliphatic heterocycles. The van der Waals surface area contributed by atoms with Gasteiger partial charge in [-0.15, -0.1) is 0 Å². The summed E-state index contributed by atoms with van der Waals surface area (Å²) in [5.41, 5.74) is 5.70. The van der Waals surface area contributed by atoms with E-state index in [1.54, 1.807) is 0 Å². The first kappa shape index (κ1) is 8.48. The van der Waals surface area contributed by atoms with Crippen molar-refractivity contribution < 1.29 is 5.11 Å². The van der Waals surface area contributed by atoms with Crippen LogP contribution in [0.5, 0.6) is 0 Å². The van der Waals surface area contributed by atoms with Crippen molar-refractivity contribution >= 4 is 0 Å². The van der Waals surface area contributed by atoms with E-state index in [1.165, 1.54) is 12.8 Å². The van der Waals surface area contributed by atoms with E-state index in [2.05, 4.69) is 11.8 Å². The molecule has 2 aliphatic rings. The van der Waals surface area contributed by atoms with Crippen LogP contribution in [-0.4, -0.2) is 40.8 Å². The van der Waals surface area contributed by atoms with Gasteiger partial charge in [0.25, 0.3) is 0 Å². The molecule has 12 heavy (non-hydrogen) atoms. The van der Waals surface area contributed by atoms with Crippen molar-refractivity contribution in [3.8, 4) is 0 Å². The zero-order valence-electron chi connectivity index (χ0n) is 7.66. The Morgan fingerprint density at radius 3 is 2.67 bits per heavy atom. The van der Waals surface area contributed by atoms with Crippen molar-refractivity contribution in [2.45, 2.75) is 43.8 Å². The van der Waals surface area contributed by atoms with Gasteiger partial charge in [-0.25, -0.2) is 0 Å². The van der Waals surface area contributed by atoms with Crippen molar-refractivity contribution in [3.05, 3.63) is 0 Å². The van der Waals surface area contributed by atoms with Crippen molar-refractivity contribution in [1.29, 1.82) is 0 Å². The third-order valence-corrected chi connectivity index (χ3v) is 3.10. The Morgan fingerprint density at radius 2 is 2.25 bits per heavy atom. The molecular weight excluding hydrogens is 152 g/mol. The molecule has 2 rings (SSSR count). The summed E-state index contributed by atoms with van der Waals surface area (Å²) >= 11 is 0. The molecular formula is C9H18N2O. The van der Waals surface area contributed by atoms with Gasteiger partial charge in [-0.3, -0.25) is 4.90 Å². The van der Waals surface area contributed by atoms with E-state index in [9.17, 15) is 0 Å². The number of aliphatic hydroxyl groups is 1. The second kappa shape index (κ2) is 2.69. The lowest BCUT2D eigenvalue weighted by Crippen LogP contribution is -2.46. The average Bonchev–Trinajstić information content (AvgIpc) is 2.80. The Bertz CT molecular complexity index is 181. The van der Waals surface area contributed by atoms with Gasteiger partial charge < -0.3 is 10.8 Å². The summed E-state index contributed by atoms with van der Waals surface area (Å²) in [4.78, 5) is 2.45. The van der Waals surface area contributed by atoms with Gasteiger partial charge >= 0.3 is 0 Å². The number of rotatable bonds is 2. The van der Waals surface area contributed by atoms with E-state index in [0.717, 1.165) is 19.0 Å². The number of hydrogen-bond acceptors (Lipinski definition) is 3. The quantitative estimate of drug-likeness (QED) is 0.610. The van der Waals surface area contributed by atoms with Gasteiger partial charge in [0.1, 0.15) is 0 Å². The minimum absolute atomic E-state index is 0.126. The Morgan fingerprint density at radius 1 is 1.58 bits per heavy atom.